The summed E-state index contributed by atoms with van der Waals surface area (Å²) in [7, 11) is 3.33. The van der Waals surface area contributed by atoms with Gasteiger partial charge in [-0.25, -0.2) is 0 Å². The van der Waals surface area contributed by atoms with E-state index >= 15 is 0 Å². The summed E-state index contributed by atoms with van der Waals surface area (Å²) in [4.78, 5) is 38.0. The molecule has 0 spiro atoms. The Morgan fingerprint density at radius 2 is 1.73 bits per heavy atom. The average Bonchev–Trinajstić information content (AvgIpc) is 2.61. The van der Waals surface area contributed by atoms with Crippen molar-refractivity contribution >= 4 is 17.6 Å². The molecule has 0 bridgehead atoms. The first-order valence-electron chi connectivity index (χ1n) is 9.01. The van der Waals surface area contributed by atoms with Crippen LogP contribution in [0.4, 0.5) is 0 Å². The molecule has 6 nitrogen and oxygen atoms in total. The van der Waals surface area contributed by atoms with Crippen LogP contribution in [0.2, 0.25) is 0 Å². The molecule has 0 aliphatic carbocycles. The first-order chi connectivity index (χ1) is 12.3. The molecule has 0 aliphatic rings. The molecule has 0 unspecified atom stereocenters. The highest BCUT2D eigenvalue weighted by atomic mass is 16.2. The van der Waals surface area contributed by atoms with Crippen molar-refractivity contribution in [2.45, 2.75) is 45.7 Å². The molecule has 0 saturated heterocycles. The maximum Gasteiger partial charge on any atom is 0.242 e. The van der Waals surface area contributed by atoms with E-state index in [1.807, 2.05) is 44.2 Å². The number of carbonyl (C=O) groups excluding carboxylic acids is 3. The molecule has 1 aromatic rings. The molecule has 0 saturated carbocycles. The SMILES string of the molecule is CN[C@@H](Cc1ccccc1)C(=O)NCC(=O)N(C)[C@@H](CC(C)C)C(C)=O. The second kappa shape index (κ2) is 10.7. The van der Waals surface area contributed by atoms with E-state index in [1.165, 1.54) is 11.8 Å². The van der Waals surface area contributed by atoms with Crippen LogP contribution in [0.5, 0.6) is 0 Å². The van der Waals surface area contributed by atoms with Gasteiger partial charge in [0.2, 0.25) is 11.8 Å². The van der Waals surface area contributed by atoms with Crippen LogP contribution >= 0.6 is 0 Å². The number of rotatable bonds is 10. The van der Waals surface area contributed by atoms with Crippen molar-refractivity contribution in [2.75, 3.05) is 20.6 Å². The number of Topliss-reactive ketones (excluding diaryl/α,β-unsaturated/α-hetero) is 1. The largest absolute Gasteiger partial charge is 0.346 e. The van der Waals surface area contributed by atoms with Gasteiger partial charge in [-0.3, -0.25) is 14.4 Å². The molecule has 6 heteroatoms. The Kier molecular flexibility index (Phi) is 8.99. The molecule has 0 fully saturated rings. The topological polar surface area (TPSA) is 78.5 Å². The minimum Gasteiger partial charge on any atom is -0.346 e. The molecule has 0 aromatic heterocycles. The number of hydrogen-bond donors (Lipinski definition) is 2. The Balaban J connectivity index is 2.60. The number of benzene rings is 1. The zero-order chi connectivity index (χ0) is 19.7. The van der Waals surface area contributed by atoms with Gasteiger partial charge in [-0.2, -0.15) is 0 Å². The van der Waals surface area contributed by atoms with Crippen LogP contribution in [0.3, 0.4) is 0 Å². The van der Waals surface area contributed by atoms with Crippen LogP contribution in [0, 0.1) is 5.92 Å². The predicted molar refractivity (Wildman–Crippen MR) is 103 cm³/mol. The van der Waals surface area contributed by atoms with Gasteiger partial charge in [0.15, 0.2) is 5.78 Å². The lowest BCUT2D eigenvalue weighted by molar-refractivity contribution is -0.138. The molecule has 0 heterocycles. The van der Waals surface area contributed by atoms with Gasteiger partial charge in [0.25, 0.3) is 0 Å². The van der Waals surface area contributed by atoms with Gasteiger partial charge < -0.3 is 15.5 Å². The molecule has 0 radical (unpaired) electrons. The van der Waals surface area contributed by atoms with Gasteiger partial charge >= 0.3 is 0 Å². The van der Waals surface area contributed by atoms with Gasteiger partial charge in [0.05, 0.1) is 18.6 Å². The van der Waals surface area contributed by atoms with Crippen LogP contribution in [0.1, 0.15) is 32.8 Å². The zero-order valence-corrected chi connectivity index (χ0v) is 16.4. The highest BCUT2D eigenvalue weighted by molar-refractivity contribution is 5.91. The summed E-state index contributed by atoms with van der Waals surface area (Å²) < 4.78 is 0. The van der Waals surface area contributed by atoms with E-state index in [0.717, 1.165) is 5.56 Å². The van der Waals surface area contributed by atoms with E-state index in [1.54, 1.807) is 14.1 Å². The standard InChI is InChI=1S/C20H31N3O3/c1-14(2)11-18(15(3)24)23(5)19(25)13-22-20(26)17(21-4)12-16-9-7-6-8-10-16/h6-10,14,17-18,21H,11-13H2,1-5H3,(H,22,26)/t17-,18-/m0/s1. The molecule has 1 rings (SSSR count). The van der Waals surface area contributed by atoms with Crippen LogP contribution in [0.25, 0.3) is 0 Å². The van der Waals surface area contributed by atoms with Crippen LogP contribution in [-0.4, -0.2) is 55.2 Å². The fraction of sp³-hybridized carbons (Fsp3) is 0.550. The fourth-order valence-corrected chi connectivity index (χ4v) is 2.80. The maximum absolute atomic E-state index is 12.4. The second-order valence-electron chi connectivity index (χ2n) is 7.01. The van der Waals surface area contributed by atoms with Gasteiger partial charge in [0, 0.05) is 7.05 Å². The molecule has 26 heavy (non-hydrogen) atoms. The Bertz CT molecular complexity index is 602. The van der Waals surface area contributed by atoms with Gasteiger partial charge in [0.1, 0.15) is 0 Å². The summed E-state index contributed by atoms with van der Waals surface area (Å²) in [6, 6.07) is 8.82. The first kappa shape index (κ1) is 21.8. The lowest BCUT2D eigenvalue weighted by Gasteiger charge is -2.28. The zero-order valence-electron chi connectivity index (χ0n) is 16.4. The number of hydrogen-bond acceptors (Lipinski definition) is 4. The summed E-state index contributed by atoms with van der Waals surface area (Å²) in [6.45, 7) is 5.39. The molecule has 2 N–H and O–H groups in total. The number of nitrogens with zero attached hydrogens (tertiary/aromatic N) is 1. The van der Waals surface area contributed by atoms with Crippen molar-refractivity contribution < 1.29 is 14.4 Å². The minimum atomic E-state index is -0.455. The first-order valence-corrected chi connectivity index (χ1v) is 9.01. The Hall–Kier alpha value is -2.21. The number of likely N-dealkylation sites (N-methyl/N-ethyl adjacent to an activating group) is 2. The molecular formula is C20H31N3O3. The van der Waals surface area contributed by atoms with Crippen molar-refractivity contribution in [3.63, 3.8) is 0 Å². The molecule has 0 aliphatic heterocycles. The number of carbonyl (C=O) groups is 3. The summed E-state index contributed by atoms with van der Waals surface area (Å²) in [6.07, 6.45) is 1.15. The molecule has 2 amide bonds. The van der Waals surface area contributed by atoms with Gasteiger partial charge in [-0.1, -0.05) is 44.2 Å². The minimum absolute atomic E-state index is 0.0435. The van der Waals surface area contributed by atoms with E-state index in [9.17, 15) is 14.4 Å². The monoisotopic (exact) mass is 361 g/mol. The van der Waals surface area contributed by atoms with Gasteiger partial charge in [-0.05, 0) is 38.3 Å². The number of ketones is 1. The normalized spacial score (nSPS) is 13.2. The van der Waals surface area contributed by atoms with E-state index in [-0.39, 0.29) is 24.1 Å². The number of nitrogens with one attached hydrogen (secondary N) is 2. The third-order valence-electron chi connectivity index (χ3n) is 4.39. The third kappa shape index (κ3) is 6.96. The lowest BCUT2D eigenvalue weighted by atomic mass is 10.00. The van der Waals surface area contributed by atoms with Crippen LogP contribution in [-0.2, 0) is 20.8 Å². The van der Waals surface area contributed by atoms with E-state index < -0.39 is 12.1 Å². The predicted octanol–water partition coefficient (Wildman–Crippen LogP) is 1.40. The Morgan fingerprint density at radius 1 is 1.12 bits per heavy atom. The van der Waals surface area contributed by atoms with E-state index in [2.05, 4.69) is 10.6 Å². The Labute approximate surface area is 156 Å². The van der Waals surface area contributed by atoms with Crippen LogP contribution in [0.15, 0.2) is 30.3 Å². The van der Waals surface area contributed by atoms with Crippen LogP contribution < -0.4 is 10.6 Å². The van der Waals surface area contributed by atoms with Crippen molar-refractivity contribution in [3.05, 3.63) is 35.9 Å². The van der Waals surface area contributed by atoms with Gasteiger partial charge in [-0.15, -0.1) is 0 Å². The summed E-state index contributed by atoms with van der Waals surface area (Å²) >= 11 is 0. The fourth-order valence-electron chi connectivity index (χ4n) is 2.80. The van der Waals surface area contributed by atoms with E-state index in [4.69, 9.17) is 0 Å². The molecular weight excluding hydrogens is 330 g/mol. The quantitative estimate of drug-likeness (QED) is 0.660. The summed E-state index contributed by atoms with van der Waals surface area (Å²) in [5.74, 6) is -0.249. The lowest BCUT2D eigenvalue weighted by Crippen LogP contribution is -2.50. The highest BCUT2D eigenvalue weighted by Gasteiger charge is 2.25. The van der Waals surface area contributed by atoms with Crippen molar-refractivity contribution in [2.24, 2.45) is 5.92 Å². The molecule has 144 valence electrons. The number of amides is 2. The Morgan fingerprint density at radius 3 is 2.23 bits per heavy atom. The van der Waals surface area contributed by atoms with E-state index in [0.29, 0.717) is 18.8 Å². The smallest absolute Gasteiger partial charge is 0.242 e. The summed E-state index contributed by atoms with van der Waals surface area (Å²) in [5, 5.41) is 5.66. The second-order valence-corrected chi connectivity index (χ2v) is 7.01. The molecule has 1 aromatic carbocycles. The van der Waals surface area contributed by atoms with Crippen molar-refractivity contribution in [1.82, 2.24) is 15.5 Å². The highest BCUT2D eigenvalue weighted by Crippen LogP contribution is 2.11. The average molecular weight is 361 g/mol. The third-order valence-corrected chi connectivity index (χ3v) is 4.39. The maximum atomic E-state index is 12.4. The van der Waals surface area contributed by atoms with Crippen molar-refractivity contribution in [1.29, 1.82) is 0 Å². The summed E-state index contributed by atoms with van der Waals surface area (Å²) in [5.41, 5.74) is 1.04. The van der Waals surface area contributed by atoms with Crippen molar-refractivity contribution in [3.8, 4) is 0 Å². The molecule has 2 atom stereocenters.